The summed E-state index contributed by atoms with van der Waals surface area (Å²) in [7, 11) is 1.65. The van der Waals surface area contributed by atoms with Crippen LogP contribution >= 0.6 is 11.3 Å². The van der Waals surface area contributed by atoms with Gasteiger partial charge in [-0.3, -0.25) is 4.98 Å². The molecule has 0 amide bonds. The van der Waals surface area contributed by atoms with Crippen LogP contribution in [0.4, 0.5) is 5.82 Å². The highest BCUT2D eigenvalue weighted by molar-refractivity contribution is 7.17. The lowest BCUT2D eigenvalue weighted by Gasteiger charge is -2.08. The Balaban J connectivity index is 1.84. The van der Waals surface area contributed by atoms with E-state index >= 15 is 0 Å². The van der Waals surface area contributed by atoms with Gasteiger partial charge in [0.1, 0.15) is 17.4 Å². The number of methoxy groups -OCH3 is 1. The summed E-state index contributed by atoms with van der Waals surface area (Å²) < 4.78 is 6.26. The molecule has 0 fully saturated rings. The zero-order valence-corrected chi connectivity index (χ0v) is 12.1. The predicted octanol–water partition coefficient (Wildman–Crippen LogP) is 3.02. The first-order valence-corrected chi connectivity index (χ1v) is 7.09. The second kappa shape index (κ2) is 5.42. The minimum absolute atomic E-state index is 0.598. The second-order valence-corrected chi connectivity index (χ2v) is 5.21. The van der Waals surface area contributed by atoms with E-state index in [0.717, 1.165) is 33.3 Å². The van der Waals surface area contributed by atoms with Crippen molar-refractivity contribution < 1.29 is 4.74 Å². The summed E-state index contributed by atoms with van der Waals surface area (Å²) in [4.78, 5) is 13.2. The third kappa shape index (κ3) is 2.55. The van der Waals surface area contributed by atoms with Gasteiger partial charge in [0.2, 0.25) is 0 Å². The molecule has 3 heterocycles. The number of nitrogens with zero attached hydrogens (tertiary/aromatic N) is 3. The fourth-order valence-electron chi connectivity index (χ4n) is 1.95. The van der Waals surface area contributed by atoms with Crippen molar-refractivity contribution in [3.8, 4) is 5.75 Å². The number of rotatable bonds is 4. The SMILES string of the molecule is COc1ccnc(CNc2nc(C)nc3ccsc23)c1. The zero-order valence-electron chi connectivity index (χ0n) is 11.3. The lowest BCUT2D eigenvalue weighted by atomic mass is 10.3. The Morgan fingerprint density at radius 1 is 1.30 bits per heavy atom. The van der Waals surface area contributed by atoms with Crippen LogP contribution in [-0.2, 0) is 6.54 Å². The molecule has 20 heavy (non-hydrogen) atoms. The van der Waals surface area contributed by atoms with Gasteiger partial charge in [-0.25, -0.2) is 9.97 Å². The fraction of sp³-hybridized carbons (Fsp3) is 0.214. The molecule has 0 unspecified atom stereocenters. The number of pyridine rings is 1. The van der Waals surface area contributed by atoms with E-state index in [1.165, 1.54) is 0 Å². The van der Waals surface area contributed by atoms with E-state index < -0.39 is 0 Å². The first-order valence-electron chi connectivity index (χ1n) is 6.21. The number of hydrogen-bond acceptors (Lipinski definition) is 6. The summed E-state index contributed by atoms with van der Waals surface area (Å²) in [5.74, 6) is 2.42. The number of anilines is 1. The normalized spacial score (nSPS) is 10.7. The van der Waals surface area contributed by atoms with Crippen molar-refractivity contribution in [2.75, 3.05) is 12.4 Å². The molecule has 102 valence electrons. The maximum Gasteiger partial charge on any atom is 0.148 e. The first kappa shape index (κ1) is 12.8. The number of aromatic nitrogens is 3. The zero-order chi connectivity index (χ0) is 13.9. The molecule has 0 radical (unpaired) electrons. The van der Waals surface area contributed by atoms with Crippen LogP contribution in [0, 0.1) is 6.92 Å². The van der Waals surface area contributed by atoms with E-state index in [2.05, 4.69) is 20.3 Å². The van der Waals surface area contributed by atoms with Crippen LogP contribution in [0.5, 0.6) is 5.75 Å². The van der Waals surface area contributed by atoms with Crippen LogP contribution in [0.25, 0.3) is 10.2 Å². The summed E-state index contributed by atoms with van der Waals surface area (Å²) in [6, 6.07) is 5.74. The minimum Gasteiger partial charge on any atom is -0.497 e. The summed E-state index contributed by atoms with van der Waals surface area (Å²) >= 11 is 1.63. The van der Waals surface area contributed by atoms with E-state index in [9.17, 15) is 0 Å². The molecular weight excluding hydrogens is 272 g/mol. The van der Waals surface area contributed by atoms with Crippen molar-refractivity contribution in [3.05, 3.63) is 41.3 Å². The van der Waals surface area contributed by atoms with Crippen molar-refractivity contribution in [2.45, 2.75) is 13.5 Å². The molecule has 0 saturated carbocycles. The van der Waals surface area contributed by atoms with E-state index in [1.807, 2.05) is 30.5 Å². The lowest BCUT2D eigenvalue weighted by Crippen LogP contribution is -2.05. The first-order chi connectivity index (χ1) is 9.76. The fourth-order valence-corrected chi connectivity index (χ4v) is 2.75. The van der Waals surface area contributed by atoms with Crippen molar-refractivity contribution >= 4 is 27.4 Å². The lowest BCUT2D eigenvalue weighted by molar-refractivity contribution is 0.413. The van der Waals surface area contributed by atoms with Gasteiger partial charge in [0, 0.05) is 12.3 Å². The smallest absolute Gasteiger partial charge is 0.148 e. The number of hydrogen-bond donors (Lipinski definition) is 1. The monoisotopic (exact) mass is 286 g/mol. The number of fused-ring (bicyclic) bond motifs is 1. The van der Waals surface area contributed by atoms with Crippen molar-refractivity contribution in [1.29, 1.82) is 0 Å². The molecule has 0 aliphatic rings. The summed E-state index contributed by atoms with van der Waals surface area (Å²) in [6.45, 7) is 2.49. The average Bonchev–Trinajstić information content (AvgIpc) is 2.93. The summed E-state index contributed by atoms with van der Waals surface area (Å²) in [5.41, 5.74) is 1.88. The van der Waals surface area contributed by atoms with Gasteiger partial charge in [0.25, 0.3) is 0 Å². The molecule has 1 N–H and O–H groups in total. The van der Waals surface area contributed by atoms with E-state index in [1.54, 1.807) is 24.6 Å². The van der Waals surface area contributed by atoms with Gasteiger partial charge < -0.3 is 10.1 Å². The van der Waals surface area contributed by atoms with Crippen LogP contribution in [0.2, 0.25) is 0 Å². The number of ether oxygens (including phenoxy) is 1. The molecule has 3 aromatic rings. The van der Waals surface area contributed by atoms with Gasteiger partial charge >= 0.3 is 0 Å². The second-order valence-electron chi connectivity index (χ2n) is 4.29. The Kier molecular flexibility index (Phi) is 3.47. The van der Waals surface area contributed by atoms with Crippen LogP contribution in [0.3, 0.4) is 0 Å². The van der Waals surface area contributed by atoms with Crippen LogP contribution in [0.15, 0.2) is 29.8 Å². The van der Waals surface area contributed by atoms with Crippen LogP contribution < -0.4 is 10.1 Å². The number of thiophene rings is 1. The molecule has 0 saturated heterocycles. The molecule has 0 bridgehead atoms. The minimum atomic E-state index is 0.598. The summed E-state index contributed by atoms with van der Waals surface area (Å²) in [6.07, 6.45) is 1.74. The number of nitrogens with one attached hydrogen (secondary N) is 1. The van der Waals surface area contributed by atoms with Gasteiger partial charge in [-0.2, -0.15) is 0 Å². The molecule has 0 spiro atoms. The maximum absolute atomic E-state index is 5.19. The third-order valence-corrected chi connectivity index (χ3v) is 3.79. The Bertz CT molecular complexity index is 741. The molecule has 0 atom stereocenters. The highest BCUT2D eigenvalue weighted by Crippen LogP contribution is 2.26. The topological polar surface area (TPSA) is 59.9 Å². The van der Waals surface area contributed by atoms with Gasteiger partial charge in [0.15, 0.2) is 0 Å². The van der Waals surface area contributed by atoms with Crippen molar-refractivity contribution in [3.63, 3.8) is 0 Å². The van der Waals surface area contributed by atoms with Gasteiger partial charge in [-0.15, -0.1) is 11.3 Å². The standard InChI is InChI=1S/C14H14N4OS/c1-9-17-12-4-6-20-13(12)14(18-9)16-8-10-7-11(19-2)3-5-15-10/h3-7H,8H2,1-2H3,(H,16,17,18). The Morgan fingerprint density at radius 2 is 2.20 bits per heavy atom. The predicted molar refractivity (Wildman–Crippen MR) is 80.3 cm³/mol. The average molecular weight is 286 g/mol. The Labute approximate surface area is 120 Å². The summed E-state index contributed by atoms with van der Waals surface area (Å²) in [5, 5.41) is 5.35. The number of aryl methyl sites for hydroxylation is 1. The quantitative estimate of drug-likeness (QED) is 0.799. The largest absolute Gasteiger partial charge is 0.497 e. The van der Waals surface area contributed by atoms with E-state index in [0.29, 0.717) is 6.54 Å². The molecule has 3 rings (SSSR count). The molecule has 5 nitrogen and oxygen atoms in total. The van der Waals surface area contributed by atoms with Gasteiger partial charge in [-0.05, 0) is 24.4 Å². The third-order valence-electron chi connectivity index (χ3n) is 2.88. The van der Waals surface area contributed by atoms with Gasteiger partial charge in [0.05, 0.1) is 29.6 Å². The van der Waals surface area contributed by atoms with Crippen molar-refractivity contribution in [2.24, 2.45) is 0 Å². The Hall–Kier alpha value is -2.21. The molecule has 0 aliphatic heterocycles. The van der Waals surface area contributed by atoms with Gasteiger partial charge in [-0.1, -0.05) is 0 Å². The molecule has 0 aliphatic carbocycles. The van der Waals surface area contributed by atoms with Crippen molar-refractivity contribution in [1.82, 2.24) is 15.0 Å². The van der Waals surface area contributed by atoms with Crippen LogP contribution in [-0.4, -0.2) is 22.1 Å². The molecule has 0 aromatic carbocycles. The molecule has 6 heteroatoms. The highest BCUT2D eigenvalue weighted by Gasteiger charge is 2.07. The molecule has 3 aromatic heterocycles. The highest BCUT2D eigenvalue weighted by atomic mass is 32.1. The maximum atomic E-state index is 5.19. The van der Waals surface area contributed by atoms with E-state index in [4.69, 9.17) is 4.74 Å². The van der Waals surface area contributed by atoms with Crippen LogP contribution in [0.1, 0.15) is 11.5 Å². The Morgan fingerprint density at radius 3 is 3.05 bits per heavy atom. The molecular formula is C14H14N4OS. The van der Waals surface area contributed by atoms with E-state index in [-0.39, 0.29) is 0 Å².